The zero-order valence-electron chi connectivity index (χ0n) is 28.1. The highest BCUT2D eigenvalue weighted by Gasteiger charge is 2.70. The van der Waals surface area contributed by atoms with E-state index in [0.717, 1.165) is 36.8 Å². The van der Waals surface area contributed by atoms with Crippen LogP contribution in [0.15, 0.2) is 22.8 Å². The smallest absolute Gasteiger partial charge is 0.331 e. The van der Waals surface area contributed by atoms with E-state index >= 15 is 0 Å². The van der Waals surface area contributed by atoms with Crippen LogP contribution in [0.25, 0.3) is 0 Å². The number of carbonyl (C=O) groups excluding carboxylic acids is 1. The van der Waals surface area contributed by atoms with Crippen LogP contribution >= 0.6 is 0 Å². The van der Waals surface area contributed by atoms with Crippen molar-refractivity contribution in [3.05, 3.63) is 22.8 Å². The highest BCUT2D eigenvalue weighted by atomic mass is 16.5. The number of carboxylic acid groups (broad SMARTS) is 1. The maximum absolute atomic E-state index is 12.6. The van der Waals surface area contributed by atoms with Crippen LogP contribution in [0.5, 0.6) is 0 Å². The molecule has 10 atom stereocenters. The number of aliphatic hydroxyl groups excluding tert-OH is 4. The van der Waals surface area contributed by atoms with Gasteiger partial charge >= 0.3 is 11.9 Å². The first-order valence-corrected chi connectivity index (χ1v) is 16.6. The lowest BCUT2D eigenvalue weighted by molar-refractivity contribution is -0.234. The Morgan fingerprint density at radius 3 is 2.16 bits per heavy atom. The van der Waals surface area contributed by atoms with Crippen molar-refractivity contribution < 1.29 is 39.9 Å². The molecular weight excluding hydrogens is 562 g/mol. The van der Waals surface area contributed by atoms with Crippen molar-refractivity contribution in [1.82, 2.24) is 5.32 Å². The molecule has 0 spiro atoms. The SMILES string of the molecule is CC(=O)O[C@H]1C[C@@]2(C)[C@@H](C[C@@H](O)[C@H]3[C@@]4(C)CCC(O)[C@@H](C)[C@@H]4CC[C@@]32C)/C1=C(\CCC=C(C)C)C(=O)O.OCCNCCO. The van der Waals surface area contributed by atoms with Crippen molar-refractivity contribution in [3.8, 4) is 0 Å². The van der Waals surface area contributed by atoms with Crippen molar-refractivity contribution in [2.24, 2.45) is 39.9 Å². The summed E-state index contributed by atoms with van der Waals surface area (Å²) in [6.45, 7) is 15.9. The summed E-state index contributed by atoms with van der Waals surface area (Å²) in [4.78, 5) is 24.8. The number of aliphatic carboxylic acids is 1. The topological polar surface area (TPSA) is 157 Å². The Bertz CT molecular complexity index is 1080. The first-order valence-electron chi connectivity index (χ1n) is 16.6. The maximum atomic E-state index is 12.6. The molecule has 0 radical (unpaired) electrons. The van der Waals surface area contributed by atoms with Gasteiger partial charge in [-0.3, -0.25) is 4.79 Å². The molecule has 0 heterocycles. The quantitative estimate of drug-likeness (QED) is 0.0960. The number of fused-ring (bicyclic) bond motifs is 5. The zero-order valence-corrected chi connectivity index (χ0v) is 28.1. The van der Waals surface area contributed by atoms with Gasteiger partial charge in [0, 0.05) is 25.6 Å². The molecule has 44 heavy (non-hydrogen) atoms. The molecule has 4 aliphatic carbocycles. The molecule has 0 saturated heterocycles. The minimum absolute atomic E-state index is 0.0474. The number of carbonyl (C=O) groups is 2. The molecule has 6 N–H and O–H groups in total. The predicted octanol–water partition coefficient (Wildman–Crippen LogP) is 4.23. The number of carboxylic acids is 1. The molecule has 4 aliphatic rings. The van der Waals surface area contributed by atoms with E-state index in [-0.39, 0.29) is 53.3 Å². The van der Waals surface area contributed by atoms with Gasteiger partial charge in [-0.15, -0.1) is 0 Å². The van der Waals surface area contributed by atoms with E-state index in [9.17, 15) is 24.9 Å². The molecule has 4 fully saturated rings. The minimum Gasteiger partial charge on any atom is -0.478 e. The summed E-state index contributed by atoms with van der Waals surface area (Å²) in [5.41, 5.74) is 1.57. The third-order valence-corrected chi connectivity index (χ3v) is 12.1. The number of allylic oxidation sites excluding steroid dienone is 2. The summed E-state index contributed by atoms with van der Waals surface area (Å²) in [5, 5.41) is 52.0. The molecule has 1 unspecified atom stereocenters. The van der Waals surface area contributed by atoms with E-state index in [1.165, 1.54) is 6.92 Å². The predicted molar refractivity (Wildman–Crippen MR) is 170 cm³/mol. The van der Waals surface area contributed by atoms with Crippen LogP contribution < -0.4 is 5.32 Å². The number of rotatable bonds is 9. The first-order chi connectivity index (χ1) is 20.6. The lowest BCUT2D eigenvalue weighted by Gasteiger charge is -2.69. The van der Waals surface area contributed by atoms with E-state index in [2.05, 4.69) is 33.0 Å². The van der Waals surface area contributed by atoms with Gasteiger partial charge in [0.05, 0.1) is 25.4 Å². The van der Waals surface area contributed by atoms with Crippen molar-refractivity contribution in [3.63, 3.8) is 0 Å². The van der Waals surface area contributed by atoms with Gasteiger partial charge in [0.2, 0.25) is 0 Å². The average Bonchev–Trinajstić information content (AvgIpc) is 3.20. The molecule has 4 rings (SSSR count). The van der Waals surface area contributed by atoms with Crippen LogP contribution in [0, 0.1) is 39.9 Å². The Hall–Kier alpha value is -1.78. The molecule has 0 amide bonds. The van der Waals surface area contributed by atoms with Crippen LogP contribution in [0.1, 0.15) is 99.8 Å². The van der Waals surface area contributed by atoms with Crippen molar-refractivity contribution in [1.29, 1.82) is 0 Å². The zero-order chi connectivity index (χ0) is 33.0. The molecule has 0 aromatic rings. The summed E-state index contributed by atoms with van der Waals surface area (Å²) in [6.07, 6.45) is 6.22. The summed E-state index contributed by atoms with van der Waals surface area (Å²) in [6, 6.07) is 0. The van der Waals surface area contributed by atoms with Gasteiger partial charge in [0.25, 0.3) is 0 Å². The number of esters is 1. The van der Waals surface area contributed by atoms with Crippen LogP contribution in [0.2, 0.25) is 0 Å². The lowest BCUT2D eigenvalue weighted by Crippen LogP contribution is -2.65. The highest BCUT2D eigenvalue weighted by Crippen LogP contribution is 2.74. The summed E-state index contributed by atoms with van der Waals surface area (Å²) >= 11 is 0. The first kappa shape index (κ1) is 36.7. The third kappa shape index (κ3) is 6.97. The summed E-state index contributed by atoms with van der Waals surface area (Å²) in [7, 11) is 0. The second-order valence-corrected chi connectivity index (χ2v) is 14.8. The standard InChI is InChI=1S/C31H48O6.C4H11NO2/c1-17(2)9-8-10-20(28(35)36)26-22-15-24(34)27-29(5)13-12-23(33)18(3)21(29)11-14-30(27,6)31(22,7)16-25(26)37-19(4)32;6-3-1-5-2-4-7/h9,18,21-25,27,33-34H,8,10-16H2,1-7H3,(H,35,36);5-7H,1-4H2/b26-20-;/t18-,21-,22-,23?,24+,25-,27-,29-,30-,31-;/m0./s1. The van der Waals surface area contributed by atoms with Gasteiger partial charge in [-0.1, -0.05) is 39.3 Å². The Morgan fingerprint density at radius 1 is 0.977 bits per heavy atom. The Kier molecular flexibility index (Phi) is 12.3. The van der Waals surface area contributed by atoms with Crippen molar-refractivity contribution >= 4 is 11.9 Å². The van der Waals surface area contributed by atoms with E-state index in [4.69, 9.17) is 14.9 Å². The number of hydrogen-bond donors (Lipinski definition) is 6. The Balaban J connectivity index is 0.000000676. The largest absolute Gasteiger partial charge is 0.478 e. The van der Waals surface area contributed by atoms with Gasteiger partial charge in [0.15, 0.2) is 0 Å². The second kappa shape index (κ2) is 14.8. The van der Waals surface area contributed by atoms with E-state index in [1.54, 1.807) is 0 Å². The van der Waals surface area contributed by atoms with E-state index in [1.807, 2.05) is 19.9 Å². The lowest BCUT2D eigenvalue weighted by atomic mass is 9.36. The number of hydrogen-bond acceptors (Lipinski definition) is 8. The van der Waals surface area contributed by atoms with Gasteiger partial charge in [-0.25, -0.2) is 4.79 Å². The second-order valence-electron chi connectivity index (χ2n) is 14.8. The number of nitrogens with one attached hydrogen (secondary N) is 1. The molecule has 0 aromatic carbocycles. The third-order valence-electron chi connectivity index (χ3n) is 12.1. The minimum atomic E-state index is -0.953. The van der Waals surface area contributed by atoms with Crippen molar-refractivity contribution in [2.75, 3.05) is 26.3 Å². The highest BCUT2D eigenvalue weighted by molar-refractivity contribution is 5.88. The summed E-state index contributed by atoms with van der Waals surface area (Å²) in [5.74, 6) is -0.909. The Labute approximate surface area is 264 Å². The fraction of sp³-hybridized carbons (Fsp3) is 0.829. The fourth-order valence-electron chi connectivity index (χ4n) is 10.1. The number of aliphatic hydroxyl groups is 4. The Morgan fingerprint density at radius 2 is 1.61 bits per heavy atom. The molecule has 0 bridgehead atoms. The molecule has 0 aromatic heterocycles. The summed E-state index contributed by atoms with van der Waals surface area (Å²) < 4.78 is 5.87. The normalized spacial score (nSPS) is 40.4. The molecule has 9 nitrogen and oxygen atoms in total. The van der Waals surface area contributed by atoms with Crippen LogP contribution in [0.4, 0.5) is 0 Å². The van der Waals surface area contributed by atoms with Crippen LogP contribution in [0.3, 0.4) is 0 Å². The van der Waals surface area contributed by atoms with Gasteiger partial charge in [0.1, 0.15) is 6.10 Å². The van der Waals surface area contributed by atoms with E-state index in [0.29, 0.717) is 50.3 Å². The average molecular weight is 622 g/mol. The van der Waals surface area contributed by atoms with Gasteiger partial charge < -0.3 is 35.6 Å². The molecule has 9 heteroatoms. The molecule has 4 saturated carbocycles. The monoisotopic (exact) mass is 621 g/mol. The van der Waals surface area contributed by atoms with Gasteiger partial charge in [-0.05, 0) is 111 Å². The molecule has 0 aliphatic heterocycles. The molecule has 252 valence electrons. The van der Waals surface area contributed by atoms with Crippen LogP contribution in [-0.4, -0.2) is 82.1 Å². The van der Waals surface area contributed by atoms with Gasteiger partial charge in [-0.2, -0.15) is 0 Å². The van der Waals surface area contributed by atoms with Crippen molar-refractivity contribution in [2.45, 2.75) is 118 Å². The molecular formula is C35H59NO8. The fourth-order valence-corrected chi connectivity index (χ4v) is 10.1. The maximum Gasteiger partial charge on any atom is 0.331 e. The van der Waals surface area contributed by atoms with Crippen LogP contribution in [-0.2, 0) is 14.3 Å². The number of ether oxygens (including phenoxy) is 1. The van der Waals surface area contributed by atoms with E-state index < -0.39 is 24.1 Å².